The van der Waals surface area contributed by atoms with Crippen molar-refractivity contribution < 1.29 is 5.11 Å². The number of hydrogen-bond acceptors (Lipinski definition) is 3. The van der Waals surface area contributed by atoms with Crippen LogP contribution in [0.15, 0.2) is 18.3 Å². The lowest BCUT2D eigenvalue weighted by Gasteiger charge is -2.27. The second kappa shape index (κ2) is 4.30. The standard InChI is InChI=1S/C14H20N2O/c15-14-11(2-1-5-16-14)8-13(17)12-7-9-3-4-10(12)6-9/h1-2,5,9-10,12-13,17H,3-4,6-8H2,(H2,15,16). The van der Waals surface area contributed by atoms with Gasteiger partial charge in [0.25, 0.3) is 0 Å². The van der Waals surface area contributed by atoms with Crippen LogP contribution in [-0.2, 0) is 6.42 Å². The van der Waals surface area contributed by atoms with E-state index in [1.165, 1.54) is 25.7 Å². The van der Waals surface area contributed by atoms with Gasteiger partial charge in [0.1, 0.15) is 5.82 Å². The summed E-state index contributed by atoms with van der Waals surface area (Å²) in [5.74, 6) is 2.70. The molecule has 3 nitrogen and oxygen atoms in total. The van der Waals surface area contributed by atoms with Gasteiger partial charge in [0.05, 0.1) is 6.10 Å². The van der Waals surface area contributed by atoms with E-state index in [0.717, 1.165) is 17.4 Å². The molecule has 2 bridgehead atoms. The summed E-state index contributed by atoms with van der Waals surface area (Å²) in [4.78, 5) is 4.07. The van der Waals surface area contributed by atoms with Crippen LogP contribution >= 0.6 is 0 Å². The first-order valence-electron chi connectivity index (χ1n) is 6.61. The molecule has 1 aromatic rings. The van der Waals surface area contributed by atoms with E-state index in [1.54, 1.807) is 6.20 Å². The van der Waals surface area contributed by atoms with Gasteiger partial charge in [-0.15, -0.1) is 0 Å². The van der Waals surface area contributed by atoms with Crippen molar-refractivity contribution >= 4 is 5.82 Å². The van der Waals surface area contributed by atoms with Crippen molar-refractivity contribution in [1.29, 1.82) is 0 Å². The average molecular weight is 232 g/mol. The van der Waals surface area contributed by atoms with Gasteiger partial charge in [-0.1, -0.05) is 12.5 Å². The Hall–Kier alpha value is -1.09. The van der Waals surface area contributed by atoms with Gasteiger partial charge >= 0.3 is 0 Å². The van der Waals surface area contributed by atoms with Crippen LogP contribution in [0.4, 0.5) is 5.82 Å². The molecule has 0 aliphatic heterocycles. The second-order valence-electron chi connectivity index (χ2n) is 5.66. The molecule has 3 N–H and O–H groups in total. The highest BCUT2D eigenvalue weighted by Crippen LogP contribution is 2.49. The monoisotopic (exact) mass is 232 g/mol. The molecule has 1 heterocycles. The smallest absolute Gasteiger partial charge is 0.126 e. The number of rotatable bonds is 3. The van der Waals surface area contributed by atoms with Crippen molar-refractivity contribution in [1.82, 2.24) is 4.98 Å². The van der Waals surface area contributed by atoms with Crippen LogP contribution in [0, 0.1) is 17.8 Å². The fourth-order valence-electron chi connectivity index (χ4n) is 3.77. The lowest BCUT2D eigenvalue weighted by Crippen LogP contribution is -2.27. The highest BCUT2D eigenvalue weighted by molar-refractivity contribution is 5.38. The van der Waals surface area contributed by atoms with E-state index >= 15 is 0 Å². The number of pyridine rings is 1. The molecule has 92 valence electrons. The number of aliphatic hydroxyl groups excluding tert-OH is 1. The zero-order valence-corrected chi connectivity index (χ0v) is 10.0. The number of nitrogen functional groups attached to an aromatic ring is 1. The molecule has 1 aromatic heterocycles. The van der Waals surface area contributed by atoms with Crippen molar-refractivity contribution in [2.75, 3.05) is 5.73 Å². The van der Waals surface area contributed by atoms with Crippen molar-refractivity contribution in [3.8, 4) is 0 Å². The highest BCUT2D eigenvalue weighted by atomic mass is 16.3. The topological polar surface area (TPSA) is 59.1 Å². The summed E-state index contributed by atoms with van der Waals surface area (Å²) in [5.41, 5.74) is 6.81. The van der Waals surface area contributed by atoms with Gasteiger partial charge < -0.3 is 10.8 Å². The molecule has 2 fully saturated rings. The lowest BCUT2D eigenvalue weighted by molar-refractivity contribution is 0.0751. The quantitative estimate of drug-likeness (QED) is 0.838. The Labute approximate surface area is 102 Å². The Morgan fingerprint density at radius 1 is 1.41 bits per heavy atom. The predicted molar refractivity (Wildman–Crippen MR) is 67.3 cm³/mol. The van der Waals surface area contributed by atoms with Gasteiger partial charge in [-0.2, -0.15) is 0 Å². The first-order valence-corrected chi connectivity index (χ1v) is 6.61. The third-order valence-corrected chi connectivity index (χ3v) is 4.64. The number of nitrogens with two attached hydrogens (primary N) is 1. The van der Waals surface area contributed by atoms with Gasteiger partial charge in [0.15, 0.2) is 0 Å². The summed E-state index contributed by atoms with van der Waals surface area (Å²) in [6, 6.07) is 3.86. The normalized spacial score (nSPS) is 32.9. The molecule has 0 amide bonds. The third-order valence-electron chi connectivity index (χ3n) is 4.64. The molecular formula is C14H20N2O. The van der Waals surface area contributed by atoms with Crippen molar-refractivity contribution in [2.24, 2.45) is 17.8 Å². The fraction of sp³-hybridized carbons (Fsp3) is 0.643. The SMILES string of the molecule is Nc1ncccc1CC(O)C1CC2CCC1C2. The number of nitrogens with zero attached hydrogens (tertiary/aromatic N) is 1. The molecular weight excluding hydrogens is 212 g/mol. The number of fused-ring (bicyclic) bond motifs is 2. The molecule has 0 saturated heterocycles. The van der Waals surface area contributed by atoms with E-state index in [1.807, 2.05) is 12.1 Å². The Bertz CT molecular complexity index is 407. The van der Waals surface area contributed by atoms with E-state index in [9.17, 15) is 5.11 Å². The Balaban J connectivity index is 1.68. The Morgan fingerprint density at radius 3 is 2.94 bits per heavy atom. The van der Waals surface area contributed by atoms with Gasteiger partial charge in [-0.25, -0.2) is 4.98 Å². The first-order chi connectivity index (χ1) is 8.24. The molecule has 4 atom stereocenters. The van der Waals surface area contributed by atoms with Crippen LogP contribution in [0.5, 0.6) is 0 Å². The minimum Gasteiger partial charge on any atom is -0.392 e. The van der Waals surface area contributed by atoms with Crippen LogP contribution in [-0.4, -0.2) is 16.2 Å². The number of hydrogen-bond donors (Lipinski definition) is 2. The maximum absolute atomic E-state index is 10.4. The average Bonchev–Trinajstić information content (AvgIpc) is 2.94. The summed E-state index contributed by atoms with van der Waals surface area (Å²) in [7, 11) is 0. The van der Waals surface area contributed by atoms with Gasteiger partial charge in [0, 0.05) is 12.6 Å². The number of aliphatic hydroxyl groups is 1. The van der Waals surface area contributed by atoms with Crippen LogP contribution < -0.4 is 5.73 Å². The molecule has 2 aliphatic rings. The number of aromatic nitrogens is 1. The predicted octanol–water partition coefficient (Wildman–Crippen LogP) is 2.00. The van der Waals surface area contributed by atoms with E-state index < -0.39 is 0 Å². The Morgan fingerprint density at radius 2 is 2.29 bits per heavy atom. The molecule has 2 aliphatic carbocycles. The lowest BCUT2D eigenvalue weighted by atomic mass is 9.82. The van der Waals surface area contributed by atoms with E-state index in [-0.39, 0.29) is 6.10 Å². The second-order valence-corrected chi connectivity index (χ2v) is 5.66. The van der Waals surface area contributed by atoms with Crippen LogP contribution in [0.1, 0.15) is 31.2 Å². The van der Waals surface area contributed by atoms with Crippen molar-refractivity contribution in [3.05, 3.63) is 23.9 Å². The van der Waals surface area contributed by atoms with E-state index in [0.29, 0.717) is 18.2 Å². The van der Waals surface area contributed by atoms with Gasteiger partial charge in [-0.3, -0.25) is 0 Å². The summed E-state index contributed by atoms with van der Waals surface area (Å²) in [6.07, 6.45) is 7.36. The van der Waals surface area contributed by atoms with Gasteiger partial charge in [-0.05, 0) is 48.6 Å². The molecule has 0 aromatic carbocycles. The summed E-state index contributed by atoms with van der Waals surface area (Å²) in [5, 5.41) is 10.4. The summed E-state index contributed by atoms with van der Waals surface area (Å²) in [6.45, 7) is 0. The minimum absolute atomic E-state index is 0.239. The molecule has 0 spiro atoms. The molecule has 3 heteroatoms. The zero-order valence-electron chi connectivity index (χ0n) is 10.0. The molecule has 3 rings (SSSR count). The first kappa shape index (κ1) is 11.0. The minimum atomic E-state index is -0.239. The van der Waals surface area contributed by atoms with Crippen LogP contribution in [0.3, 0.4) is 0 Å². The molecule has 17 heavy (non-hydrogen) atoms. The summed E-state index contributed by atoms with van der Waals surface area (Å²) >= 11 is 0. The molecule has 0 radical (unpaired) electrons. The Kier molecular flexibility index (Phi) is 2.79. The number of anilines is 1. The summed E-state index contributed by atoms with van der Waals surface area (Å²) < 4.78 is 0. The maximum atomic E-state index is 10.4. The van der Waals surface area contributed by atoms with Crippen molar-refractivity contribution in [2.45, 2.75) is 38.2 Å². The van der Waals surface area contributed by atoms with E-state index in [2.05, 4.69) is 4.98 Å². The zero-order chi connectivity index (χ0) is 11.8. The third kappa shape index (κ3) is 2.04. The maximum Gasteiger partial charge on any atom is 0.126 e. The van der Waals surface area contributed by atoms with Crippen molar-refractivity contribution in [3.63, 3.8) is 0 Å². The largest absolute Gasteiger partial charge is 0.392 e. The van der Waals surface area contributed by atoms with Crippen LogP contribution in [0.2, 0.25) is 0 Å². The highest BCUT2D eigenvalue weighted by Gasteiger charge is 2.42. The molecule has 2 saturated carbocycles. The van der Waals surface area contributed by atoms with Crippen LogP contribution in [0.25, 0.3) is 0 Å². The molecule has 4 unspecified atom stereocenters. The van der Waals surface area contributed by atoms with E-state index in [4.69, 9.17) is 5.73 Å². The fourth-order valence-corrected chi connectivity index (χ4v) is 3.77. The van der Waals surface area contributed by atoms with Gasteiger partial charge in [0.2, 0.25) is 0 Å².